The molecule has 23 heavy (non-hydrogen) atoms. The Morgan fingerprint density at radius 3 is 2.61 bits per heavy atom. The zero-order chi connectivity index (χ0) is 16.7. The molecule has 0 saturated heterocycles. The zero-order valence-corrected chi connectivity index (χ0v) is 14.4. The van der Waals surface area contributed by atoms with Crippen LogP contribution in [0.3, 0.4) is 0 Å². The highest BCUT2D eigenvalue weighted by atomic mass is 32.1. The summed E-state index contributed by atoms with van der Waals surface area (Å²) in [6.07, 6.45) is 1.92. The molecule has 1 aromatic carbocycles. The number of nitrogens with one attached hydrogen (secondary N) is 2. The first-order valence-corrected chi connectivity index (χ1v) is 8.50. The Labute approximate surface area is 140 Å². The van der Waals surface area contributed by atoms with E-state index in [0.29, 0.717) is 5.13 Å². The van der Waals surface area contributed by atoms with Crippen LogP contribution in [0.15, 0.2) is 29.8 Å². The molecule has 2 rings (SSSR count). The maximum atomic E-state index is 11.8. The van der Waals surface area contributed by atoms with Crippen LogP contribution in [0.5, 0.6) is 5.75 Å². The van der Waals surface area contributed by atoms with Crippen molar-refractivity contribution in [2.45, 2.75) is 45.8 Å². The van der Waals surface area contributed by atoms with E-state index in [1.54, 1.807) is 5.51 Å². The molecule has 0 radical (unpaired) electrons. The van der Waals surface area contributed by atoms with Crippen LogP contribution in [0.4, 0.5) is 9.93 Å². The minimum absolute atomic E-state index is 0.0644. The molecule has 0 aliphatic rings. The predicted molar refractivity (Wildman–Crippen MR) is 92.1 cm³/mol. The Kier molecular flexibility index (Phi) is 6.34. The van der Waals surface area contributed by atoms with E-state index >= 15 is 0 Å². The first-order valence-electron chi connectivity index (χ1n) is 7.62. The van der Waals surface area contributed by atoms with Gasteiger partial charge in [0.2, 0.25) is 5.13 Å². The summed E-state index contributed by atoms with van der Waals surface area (Å²) in [5.41, 5.74) is 2.80. The van der Waals surface area contributed by atoms with Crippen LogP contribution in [0.1, 0.15) is 32.8 Å². The number of aryl methyl sites for hydroxylation is 1. The summed E-state index contributed by atoms with van der Waals surface area (Å²) < 4.78 is 5.62. The molecule has 1 heterocycles. The minimum atomic E-state index is -0.255. The van der Waals surface area contributed by atoms with E-state index < -0.39 is 0 Å². The number of hydrogen-bond donors (Lipinski definition) is 2. The maximum absolute atomic E-state index is 11.8. The molecule has 0 aliphatic heterocycles. The van der Waals surface area contributed by atoms with Gasteiger partial charge < -0.3 is 10.1 Å². The fraction of sp³-hybridized carbons (Fsp3) is 0.438. The van der Waals surface area contributed by atoms with Crippen molar-refractivity contribution in [1.82, 2.24) is 15.5 Å². The Bertz CT molecular complexity index is 599. The number of carbonyl (C=O) groups is 1. The lowest BCUT2D eigenvalue weighted by molar-refractivity contribution is 0.242. The monoisotopic (exact) mass is 334 g/mol. The number of ether oxygens (including phenoxy) is 1. The molecule has 2 aromatic rings. The average molecular weight is 334 g/mol. The second kappa shape index (κ2) is 8.47. The van der Waals surface area contributed by atoms with Gasteiger partial charge in [-0.05, 0) is 51.3 Å². The smallest absolute Gasteiger partial charge is 0.321 e. The number of urea groups is 1. The number of amides is 2. The Balaban J connectivity index is 1.73. The standard InChI is InChI=1S/C16H22N4O2S/c1-11(2)22-14-8-6-13(7-9-14)5-4-12(3)18-15(21)19-16-20-17-10-23-16/h6-12H,4-5H2,1-3H3,(H2,18,19,20,21). The minimum Gasteiger partial charge on any atom is -0.491 e. The van der Waals surface area contributed by atoms with Gasteiger partial charge in [0.25, 0.3) is 0 Å². The molecule has 2 amide bonds. The van der Waals surface area contributed by atoms with Crippen molar-refractivity contribution in [2.24, 2.45) is 0 Å². The number of anilines is 1. The molecule has 1 aromatic heterocycles. The van der Waals surface area contributed by atoms with Crippen molar-refractivity contribution in [3.05, 3.63) is 35.3 Å². The van der Waals surface area contributed by atoms with Crippen molar-refractivity contribution in [2.75, 3.05) is 5.32 Å². The van der Waals surface area contributed by atoms with Crippen LogP contribution in [-0.2, 0) is 6.42 Å². The largest absolute Gasteiger partial charge is 0.491 e. The highest BCUT2D eigenvalue weighted by Gasteiger charge is 2.09. The zero-order valence-electron chi connectivity index (χ0n) is 13.6. The lowest BCUT2D eigenvalue weighted by Crippen LogP contribution is -2.36. The van der Waals surface area contributed by atoms with Gasteiger partial charge in [-0.2, -0.15) is 0 Å². The molecule has 6 nitrogen and oxygen atoms in total. The SMILES string of the molecule is CC(CCc1ccc(OC(C)C)cc1)NC(=O)Nc1nncs1. The lowest BCUT2D eigenvalue weighted by atomic mass is 10.1. The first kappa shape index (κ1) is 17.2. The van der Waals surface area contributed by atoms with Crippen molar-refractivity contribution in [1.29, 1.82) is 0 Å². The highest BCUT2D eigenvalue weighted by Crippen LogP contribution is 2.15. The van der Waals surface area contributed by atoms with Crippen molar-refractivity contribution >= 4 is 22.5 Å². The third-order valence-corrected chi connectivity index (χ3v) is 3.73. The second-order valence-electron chi connectivity index (χ2n) is 5.59. The van der Waals surface area contributed by atoms with E-state index in [1.807, 2.05) is 32.9 Å². The molecular weight excluding hydrogens is 312 g/mol. The summed E-state index contributed by atoms with van der Waals surface area (Å²) in [5.74, 6) is 0.881. The summed E-state index contributed by atoms with van der Waals surface area (Å²) >= 11 is 1.29. The fourth-order valence-corrected chi connectivity index (χ4v) is 2.49. The Hall–Kier alpha value is -2.15. The van der Waals surface area contributed by atoms with Gasteiger partial charge in [-0.3, -0.25) is 5.32 Å². The first-order chi connectivity index (χ1) is 11.0. The van der Waals surface area contributed by atoms with Crippen LogP contribution in [0.25, 0.3) is 0 Å². The highest BCUT2D eigenvalue weighted by molar-refractivity contribution is 7.13. The Morgan fingerprint density at radius 2 is 2.00 bits per heavy atom. The maximum Gasteiger partial charge on any atom is 0.321 e. The molecule has 0 spiro atoms. The van der Waals surface area contributed by atoms with E-state index in [0.717, 1.165) is 18.6 Å². The summed E-state index contributed by atoms with van der Waals surface area (Å²) in [6, 6.07) is 7.90. The third-order valence-electron chi connectivity index (χ3n) is 3.12. The van der Waals surface area contributed by atoms with Gasteiger partial charge in [0.1, 0.15) is 11.3 Å². The van der Waals surface area contributed by atoms with Gasteiger partial charge in [-0.15, -0.1) is 10.2 Å². The van der Waals surface area contributed by atoms with Gasteiger partial charge in [0.05, 0.1) is 6.10 Å². The van der Waals surface area contributed by atoms with Crippen LogP contribution >= 0.6 is 11.3 Å². The van der Waals surface area contributed by atoms with E-state index in [9.17, 15) is 4.79 Å². The molecule has 2 N–H and O–H groups in total. The van der Waals surface area contributed by atoms with E-state index in [1.165, 1.54) is 16.9 Å². The van der Waals surface area contributed by atoms with E-state index in [4.69, 9.17) is 4.74 Å². The molecular formula is C16H22N4O2S. The van der Waals surface area contributed by atoms with Crippen molar-refractivity contribution in [3.63, 3.8) is 0 Å². The molecule has 7 heteroatoms. The summed E-state index contributed by atoms with van der Waals surface area (Å²) in [5, 5.41) is 13.5. The molecule has 0 aliphatic carbocycles. The topological polar surface area (TPSA) is 76.1 Å². The molecule has 1 atom stereocenters. The molecule has 0 fully saturated rings. The lowest BCUT2D eigenvalue weighted by Gasteiger charge is -2.14. The van der Waals surface area contributed by atoms with E-state index in [2.05, 4.69) is 33.0 Å². The van der Waals surface area contributed by atoms with Crippen LogP contribution < -0.4 is 15.4 Å². The average Bonchev–Trinajstić information content (AvgIpc) is 2.98. The number of carbonyl (C=O) groups excluding carboxylic acids is 1. The van der Waals surface area contributed by atoms with Gasteiger partial charge in [0.15, 0.2) is 0 Å². The summed E-state index contributed by atoms with van der Waals surface area (Å²) in [4.78, 5) is 11.8. The van der Waals surface area contributed by atoms with Crippen molar-refractivity contribution < 1.29 is 9.53 Å². The summed E-state index contributed by atoms with van der Waals surface area (Å²) in [6.45, 7) is 6.00. The number of nitrogens with zero attached hydrogens (tertiary/aromatic N) is 2. The fourth-order valence-electron chi connectivity index (χ4n) is 2.05. The van der Waals surface area contributed by atoms with Gasteiger partial charge in [-0.1, -0.05) is 23.5 Å². The van der Waals surface area contributed by atoms with Gasteiger partial charge >= 0.3 is 6.03 Å². The number of hydrogen-bond acceptors (Lipinski definition) is 5. The number of aromatic nitrogens is 2. The quantitative estimate of drug-likeness (QED) is 0.813. The second-order valence-corrected chi connectivity index (χ2v) is 6.43. The normalized spacial score (nSPS) is 12.0. The van der Waals surface area contributed by atoms with Gasteiger partial charge in [0, 0.05) is 6.04 Å². The predicted octanol–water partition coefficient (Wildman–Crippen LogP) is 3.47. The van der Waals surface area contributed by atoms with E-state index in [-0.39, 0.29) is 18.2 Å². The number of rotatable bonds is 7. The molecule has 0 saturated carbocycles. The molecule has 0 bridgehead atoms. The van der Waals surface area contributed by atoms with Gasteiger partial charge in [-0.25, -0.2) is 4.79 Å². The molecule has 124 valence electrons. The molecule has 1 unspecified atom stereocenters. The van der Waals surface area contributed by atoms with Crippen LogP contribution in [-0.4, -0.2) is 28.4 Å². The third kappa shape index (κ3) is 6.23. The van der Waals surface area contributed by atoms with Crippen LogP contribution in [0, 0.1) is 0 Å². The Morgan fingerprint density at radius 1 is 1.26 bits per heavy atom. The van der Waals surface area contributed by atoms with Crippen molar-refractivity contribution in [3.8, 4) is 5.75 Å². The summed E-state index contributed by atoms with van der Waals surface area (Å²) in [7, 11) is 0. The number of benzene rings is 1. The van der Waals surface area contributed by atoms with Crippen LogP contribution in [0.2, 0.25) is 0 Å².